The van der Waals surface area contributed by atoms with Gasteiger partial charge in [0.15, 0.2) is 0 Å². The average Bonchev–Trinajstić information content (AvgIpc) is 2.93. The van der Waals surface area contributed by atoms with Crippen molar-refractivity contribution in [3.05, 3.63) is 53.3 Å². The Labute approximate surface area is 122 Å². The Morgan fingerprint density at radius 2 is 2.00 bits per heavy atom. The van der Waals surface area contributed by atoms with Gasteiger partial charge in [0, 0.05) is 18.8 Å². The fraction of sp³-hybridized carbons (Fsp3) is 0.471. The maximum Gasteiger partial charge on any atom is 0.0553 e. The fourth-order valence-electron chi connectivity index (χ4n) is 2.69. The van der Waals surface area contributed by atoms with E-state index >= 15 is 0 Å². The minimum atomic E-state index is 0.377. The van der Waals surface area contributed by atoms with Gasteiger partial charge >= 0.3 is 0 Å². The third kappa shape index (κ3) is 3.48. The van der Waals surface area contributed by atoms with Crippen molar-refractivity contribution in [2.45, 2.75) is 46.2 Å². The van der Waals surface area contributed by atoms with Crippen LogP contribution >= 0.6 is 0 Å². The molecule has 1 aromatic heterocycles. The zero-order valence-corrected chi connectivity index (χ0v) is 12.8. The number of nitrogens with zero attached hydrogens (tertiary/aromatic N) is 2. The topological polar surface area (TPSA) is 29.9 Å². The van der Waals surface area contributed by atoms with Gasteiger partial charge in [0.05, 0.1) is 5.69 Å². The number of hydrogen-bond acceptors (Lipinski definition) is 2. The van der Waals surface area contributed by atoms with Crippen molar-refractivity contribution >= 4 is 0 Å². The van der Waals surface area contributed by atoms with Crippen LogP contribution in [0.3, 0.4) is 0 Å². The van der Waals surface area contributed by atoms with E-state index in [1.165, 1.54) is 16.8 Å². The molecular weight excluding hydrogens is 246 g/mol. The third-order valence-electron chi connectivity index (χ3n) is 3.82. The van der Waals surface area contributed by atoms with Gasteiger partial charge in [0.25, 0.3) is 0 Å². The minimum absolute atomic E-state index is 0.377. The Morgan fingerprint density at radius 3 is 2.70 bits per heavy atom. The maximum absolute atomic E-state index is 4.39. The predicted molar refractivity (Wildman–Crippen MR) is 83.8 cm³/mol. The summed E-state index contributed by atoms with van der Waals surface area (Å²) in [7, 11) is 0. The van der Waals surface area contributed by atoms with Crippen molar-refractivity contribution in [2.75, 3.05) is 6.54 Å². The van der Waals surface area contributed by atoms with E-state index < -0.39 is 0 Å². The smallest absolute Gasteiger partial charge is 0.0553 e. The highest BCUT2D eigenvalue weighted by molar-refractivity contribution is 5.26. The highest BCUT2D eigenvalue weighted by atomic mass is 15.3. The molecule has 1 heterocycles. The summed E-state index contributed by atoms with van der Waals surface area (Å²) in [5.74, 6) is 0. The van der Waals surface area contributed by atoms with Crippen molar-refractivity contribution in [3.63, 3.8) is 0 Å². The molecule has 1 N–H and O–H groups in total. The highest BCUT2D eigenvalue weighted by Crippen LogP contribution is 2.20. The predicted octanol–water partition coefficient (Wildman–Crippen LogP) is 3.49. The summed E-state index contributed by atoms with van der Waals surface area (Å²) in [6, 6.07) is 11.2. The van der Waals surface area contributed by atoms with E-state index in [4.69, 9.17) is 0 Å². The van der Waals surface area contributed by atoms with E-state index in [-0.39, 0.29) is 0 Å². The molecule has 0 saturated heterocycles. The van der Waals surface area contributed by atoms with Crippen molar-refractivity contribution in [1.29, 1.82) is 0 Å². The summed E-state index contributed by atoms with van der Waals surface area (Å²) in [6.45, 7) is 8.39. The van der Waals surface area contributed by atoms with Crippen LogP contribution in [0.4, 0.5) is 0 Å². The van der Waals surface area contributed by atoms with Gasteiger partial charge in [-0.3, -0.25) is 4.68 Å². The number of aromatic nitrogens is 2. The largest absolute Gasteiger partial charge is 0.309 e. The zero-order valence-electron chi connectivity index (χ0n) is 12.8. The first-order chi connectivity index (χ1) is 9.76. The second-order valence-electron chi connectivity index (χ2n) is 5.15. The van der Waals surface area contributed by atoms with E-state index in [1.54, 1.807) is 0 Å². The molecule has 0 spiro atoms. The molecule has 3 heteroatoms. The van der Waals surface area contributed by atoms with E-state index in [0.29, 0.717) is 6.04 Å². The van der Waals surface area contributed by atoms with Crippen LogP contribution in [0.25, 0.3) is 0 Å². The zero-order chi connectivity index (χ0) is 14.4. The van der Waals surface area contributed by atoms with Crippen LogP contribution in [0.2, 0.25) is 0 Å². The Hall–Kier alpha value is -1.61. The first-order valence-electron chi connectivity index (χ1n) is 7.55. The molecular formula is C17H25N3. The second kappa shape index (κ2) is 7.25. The monoisotopic (exact) mass is 271 g/mol. The number of benzene rings is 1. The van der Waals surface area contributed by atoms with Crippen LogP contribution in [-0.4, -0.2) is 16.3 Å². The first-order valence-corrected chi connectivity index (χ1v) is 7.55. The molecule has 0 aliphatic carbocycles. The Balaban J connectivity index is 2.08. The number of rotatable bonds is 7. The molecule has 1 atom stereocenters. The van der Waals surface area contributed by atoms with Crippen molar-refractivity contribution < 1.29 is 0 Å². The average molecular weight is 271 g/mol. The van der Waals surface area contributed by atoms with Gasteiger partial charge in [-0.1, -0.05) is 31.2 Å². The van der Waals surface area contributed by atoms with Crippen LogP contribution in [0.1, 0.15) is 43.1 Å². The highest BCUT2D eigenvalue weighted by Gasteiger charge is 2.14. The standard InChI is InChI=1S/C17H25N3/c1-4-18-16(17-12-13-19-20(17)5-2)11-10-15-9-7-6-8-14(15)3/h6-9,12-13,16,18H,4-5,10-11H2,1-3H3. The summed E-state index contributed by atoms with van der Waals surface area (Å²) in [4.78, 5) is 0. The van der Waals surface area contributed by atoms with E-state index in [1.807, 2.05) is 6.20 Å². The Bertz CT molecular complexity index is 531. The van der Waals surface area contributed by atoms with Crippen LogP contribution in [0.5, 0.6) is 0 Å². The summed E-state index contributed by atoms with van der Waals surface area (Å²) in [5, 5.41) is 7.98. The number of nitrogens with one attached hydrogen (secondary N) is 1. The van der Waals surface area contributed by atoms with Crippen LogP contribution in [0, 0.1) is 6.92 Å². The Morgan fingerprint density at radius 1 is 1.20 bits per heavy atom. The molecule has 20 heavy (non-hydrogen) atoms. The van der Waals surface area contributed by atoms with Crippen molar-refractivity contribution in [3.8, 4) is 0 Å². The molecule has 0 fully saturated rings. The normalized spacial score (nSPS) is 12.6. The molecule has 0 aliphatic rings. The van der Waals surface area contributed by atoms with E-state index in [2.05, 4.69) is 66.2 Å². The van der Waals surface area contributed by atoms with Crippen molar-refractivity contribution in [1.82, 2.24) is 15.1 Å². The molecule has 2 aromatic rings. The quantitative estimate of drug-likeness (QED) is 0.835. The lowest BCUT2D eigenvalue weighted by Gasteiger charge is -2.19. The van der Waals surface area contributed by atoms with Crippen LogP contribution < -0.4 is 5.32 Å². The number of aryl methyl sites for hydroxylation is 3. The lowest BCUT2D eigenvalue weighted by atomic mass is 9.99. The van der Waals surface area contributed by atoms with Gasteiger partial charge in [-0.05, 0) is 50.4 Å². The van der Waals surface area contributed by atoms with Gasteiger partial charge in [-0.2, -0.15) is 5.10 Å². The second-order valence-corrected chi connectivity index (χ2v) is 5.15. The molecule has 0 aliphatic heterocycles. The summed E-state index contributed by atoms with van der Waals surface area (Å²) >= 11 is 0. The molecule has 1 unspecified atom stereocenters. The van der Waals surface area contributed by atoms with Gasteiger partial charge in [0.2, 0.25) is 0 Å². The molecule has 3 nitrogen and oxygen atoms in total. The molecule has 2 rings (SSSR count). The van der Waals surface area contributed by atoms with Gasteiger partial charge < -0.3 is 5.32 Å². The minimum Gasteiger partial charge on any atom is -0.309 e. The van der Waals surface area contributed by atoms with Crippen molar-refractivity contribution in [2.24, 2.45) is 0 Å². The summed E-state index contributed by atoms with van der Waals surface area (Å²) in [6.07, 6.45) is 4.10. The number of hydrogen-bond donors (Lipinski definition) is 1. The summed E-state index contributed by atoms with van der Waals surface area (Å²) < 4.78 is 2.09. The molecule has 0 radical (unpaired) electrons. The van der Waals surface area contributed by atoms with E-state index in [9.17, 15) is 0 Å². The molecule has 0 bridgehead atoms. The SMILES string of the molecule is CCNC(CCc1ccccc1C)c1ccnn1CC. The third-order valence-corrected chi connectivity index (χ3v) is 3.82. The van der Waals surface area contributed by atoms with Gasteiger partial charge in [-0.25, -0.2) is 0 Å². The van der Waals surface area contributed by atoms with Gasteiger partial charge in [-0.15, -0.1) is 0 Å². The lowest BCUT2D eigenvalue weighted by Crippen LogP contribution is -2.24. The van der Waals surface area contributed by atoms with Crippen LogP contribution in [0.15, 0.2) is 36.5 Å². The maximum atomic E-state index is 4.39. The molecule has 0 amide bonds. The Kier molecular flexibility index (Phi) is 5.36. The summed E-state index contributed by atoms with van der Waals surface area (Å²) in [5.41, 5.74) is 4.12. The van der Waals surface area contributed by atoms with Crippen LogP contribution in [-0.2, 0) is 13.0 Å². The molecule has 108 valence electrons. The lowest BCUT2D eigenvalue weighted by molar-refractivity contribution is 0.466. The van der Waals surface area contributed by atoms with Gasteiger partial charge in [0.1, 0.15) is 0 Å². The first kappa shape index (κ1) is 14.8. The molecule has 0 saturated carbocycles. The fourth-order valence-corrected chi connectivity index (χ4v) is 2.69. The molecule has 1 aromatic carbocycles. The van der Waals surface area contributed by atoms with E-state index in [0.717, 1.165) is 25.9 Å².